The second kappa shape index (κ2) is 4.82. The molecule has 0 fully saturated rings. The largest absolute Gasteiger partial charge is 0.497 e. The smallest absolute Gasteiger partial charge is 0.236 e. The Morgan fingerprint density at radius 3 is 2.93 bits per heavy atom. The number of rotatable bonds is 3. The van der Waals surface area contributed by atoms with E-state index in [2.05, 4.69) is 21.2 Å². The van der Waals surface area contributed by atoms with E-state index in [1.165, 1.54) is 0 Å². The summed E-state index contributed by atoms with van der Waals surface area (Å²) >= 11 is 3.30. The summed E-state index contributed by atoms with van der Waals surface area (Å²) in [7, 11) is 0. The SMILES string of the molecule is CC(C)(Br)C(=O)NCC1CCC=CO1. The first kappa shape index (κ1) is 11.6. The number of amides is 1. The molecule has 0 aromatic carbocycles. The van der Waals surface area contributed by atoms with Gasteiger partial charge in [-0.15, -0.1) is 0 Å². The molecule has 1 heterocycles. The van der Waals surface area contributed by atoms with E-state index in [-0.39, 0.29) is 12.0 Å². The Kier molecular flexibility index (Phi) is 3.98. The Balaban J connectivity index is 2.26. The first-order valence-electron chi connectivity index (χ1n) is 4.78. The molecular weight excluding hydrogens is 246 g/mol. The van der Waals surface area contributed by atoms with Crippen molar-refractivity contribution in [3.05, 3.63) is 12.3 Å². The van der Waals surface area contributed by atoms with E-state index < -0.39 is 4.32 Å². The molecule has 0 aromatic heterocycles. The van der Waals surface area contributed by atoms with E-state index in [0.29, 0.717) is 6.54 Å². The van der Waals surface area contributed by atoms with Gasteiger partial charge < -0.3 is 10.1 Å². The molecule has 4 heteroatoms. The minimum Gasteiger partial charge on any atom is -0.497 e. The highest BCUT2D eigenvalue weighted by Crippen LogP contribution is 2.16. The summed E-state index contributed by atoms with van der Waals surface area (Å²) in [6.45, 7) is 4.23. The number of ether oxygens (including phenoxy) is 1. The molecule has 0 aromatic rings. The van der Waals surface area contributed by atoms with Gasteiger partial charge in [-0.05, 0) is 32.8 Å². The molecule has 0 bridgehead atoms. The third kappa shape index (κ3) is 3.70. The zero-order valence-corrected chi connectivity index (χ0v) is 10.1. The summed E-state index contributed by atoms with van der Waals surface area (Å²) in [5.41, 5.74) is 0. The predicted molar refractivity (Wildman–Crippen MR) is 59.3 cm³/mol. The fraction of sp³-hybridized carbons (Fsp3) is 0.700. The Morgan fingerprint density at radius 2 is 2.43 bits per heavy atom. The van der Waals surface area contributed by atoms with E-state index in [1.54, 1.807) is 6.26 Å². The molecule has 1 atom stereocenters. The fourth-order valence-electron chi connectivity index (χ4n) is 1.15. The van der Waals surface area contributed by atoms with Crippen LogP contribution in [0.1, 0.15) is 26.7 Å². The Morgan fingerprint density at radius 1 is 1.71 bits per heavy atom. The number of hydrogen-bond acceptors (Lipinski definition) is 2. The van der Waals surface area contributed by atoms with Gasteiger partial charge in [0.15, 0.2) is 0 Å². The van der Waals surface area contributed by atoms with Crippen molar-refractivity contribution in [3.63, 3.8) is 0 Å². The average molecular weight is 262 g/mol. The lowest BCUT2D eigenvalue weighted by Crippen LogP contribution is -2.41. The quantitative estimate of drug-likeness (QED) is 0.790. The summed E-state index contributed by atoms with van der Waals surface area (Å²) < 4.78 is 4.83. The molecule has 0 spiro atoms. The molecule has 1 N–H and O–H groups in total. The Bertz CT molecular complexity index is 233. The van der Waals surface area contributed by atoms with Crippen LogP contribution in [0, 0.1) is 0 Å². The highest BCUT2D eigenvalue weighted by molar-refractivity contribution is 9.10. The highest BCUT2D eigenvalue weighted by Gasteiger charge is 2.24. The lowest BCUT2D eigenvalue weighted by molar-refractivity contribution is -0.123. The number of carbonyl (C=O) groups excluding carboxylic acids is 1. The van der Waals surface area contributed by atoms with Crippen LogP contribution in [0.15, 0.2) is 12.3 Å². The van der Waals surface area contributed by atoms with E-state index in [0.717, 1.165) is 12.8 Å². The molecule has 14 heavy (non-hydrogen) atoms. The van der Waals surface area contributed by atoms with Crippen molar-refractivity contribution in [1.82, 2.24) is 5.32 Å². The van der Waals surface area contributed by atoms with Crippen LogP contribution in [0.25, 0.3) is 0 Å². The Labute approximate surface area is 93.0 Å². The summed E-state index contributed by atoms with van der Waals surface area (Å²) in [5, 5.41) is 2.85. The van der Waals surface area contributed by atoms with E-state index in [1.807, 2.05) is 19.9 Å². The normalized spacial score (nSPS) is 21.5. The van der Waals surface area contributed by atoms with Crippen molar-refractivity contribution in [2.45, 2.75) is 37.1 Å². The molecule has 0 radical (unpaired) electrons. The van der Waals surface area contributed by atoms with Gasteiger partial charge >= 0.3 is 0 Å². The monoisotopic (exact) mass is 261 g/mol. The predicted octanol–water partition coefficient (Wildman–Crippen LogP) is 1.97. The van der Waals surface area contributed by atoms with Crippen LogP contribution >= 0.6 is 15.9 Å². The molecule has 80 valence electrons. The van der Waals surface area contributed by atoms with E-state index >= 15 is 0 Å². The second-order valence-electron chi connectivity index (χ2n) is 3.89. The number of nitrogens with one attached hydrogen (secondary N) is 1. The van der Waals surface area contributed by atoms with Crippen molar-refractivity contribution in [1.29, 1.82) is 0 Å². The van der Waals surface area contributed by atoms with Crippen molar-refractivity contribution in [2.75, 3.05) is 6.54 Å². The van der Waals surface area contributed by atoms with Gasteiger partial charge in [-0.2, -0.15) is 0 Å². The molecule has 1 aliphatic rings. The van der Waals surface area contributed by atoms with Crippen LogP contribution in [0.2, 0.25) is 0 Å². The third-order valence-corrected chi connectivity index (χ3v) is 2.41. The van der Waals surface area contributed by atoms with Gasteiger partial charge in [-0.3, -0.25) is 4.79 Å². The van der Waals surface area contributed by atoms with Crippen LogP contribution in [-0.2, 0) is 9.53 Å². The second-order valence-corrected chi connectivity index (χ2v) is 5.87. The number of allylic oxidation sites excluding steroid dienone is 1. The number of hydrogen-bond donors (Lipinski definition) is 1. The third-order valence-electron chi connectivity index (χ3n) is 2.05. The molecule has 1 aliphatic heterocycles. The van der Waals surface area contributed by atoms with Crippen LogP contribution in [0.4, 0.5) is 0 Å². The number of carbonyl (C=O) groups is 1. The van der Waals surface area contributed by atoms with E-state index in [9.17, 15) is 4.79 Å². The fourth-order valence-corrected chi connectivity index (χ4v) is 1.29. The molecule has 1 amide bonds. The van der Waals surface area contributed by atoms with E-state index in [4.69, 9.17) is 4.74 Å². The van der Waals surface area contributed by atoms with Crippen LogP contribution < -0.4 is 5.32 Å². The maximum atomic E-state index is 11.5. The van der Waals surface area contributed by atoms with Crippen molar-refractivity contribution in [2.24, 2.45) is 0 Å². The zero-order chi connectivity index (χ0) is 10.6. The van der Waals surface area contributed by atoms with Gasteiger partial charge in [0, 0.05) is 0 Å². The summed E-state index contributed by atoms with van der Waals surface area (Å²) in [6, 6.07) is 0. The van der Waals surface area contributed by atoms with Crippen LogP contribution in [-0.4, -0.2) is 22.9 Å². The first-order chi connectivity index (χ1) is 6.50. The molecule has 0 aliphatic carbocycles. The number of alkyl halides is 1. The minimum absolute atomic E-state index is 0.00402. The molecular formula is C10H16BrNO2. The molecule has 1 unspecified atom stereocenters. The van der Waals surface area contributed by atoms with Gasteiger partial charge in [0.25, 0.3) is 0 Å². The van der Waals surface area contributed by atoms with Gasteiger partial charge in [0.1, 0.15) is 6.10 Å². The minimum atomic E-state index is -0.502. The highest BCUT2D eigenvalue weighted by atomic mass is 79.9. The van der Waals surface area contributed by atoms with Gasteiger partial charge in [0.2, 0.25) is 5.91 Å². The Hall–Kier alpha value is -0.510. The van der Waals surface area contributed by atoms with Crippen molar-refractivity contribution < 1.29 is 9.53 Å². The zero-order valence-electron chi connectivity index (χ0n) is 8.55. The summed E-state index contributed by atoms with van der Waals surface area (Å²) in [6.07, 6.45) is 5.82. The van der Waals surface area contributed by atoms with Crippen molar-refractivity contribution >= 4 is 21.8 Å². The van der Waals surface area contributed by atoms with Gasteiger partial charge in [-0.25, -0.2) is 0 Å². The average Bonchev–Trinajstić information content (AvgIpc) is 2.14. The molecule has 1 rings (SSSR count). The summed E-state index contributed by atoms with van der Waals surface area (Å²) in [4.78, 5) is 11.5. The lowest BCUT2D eigenvalue weighted by Gasteiger charge is -2.22. The standard InChI is InChI=1S/C10H16BrNO2/c1-10(2,11)9(13)12-7-8-5-3-4-6-14-8/h4,6,8H,3,5,7H2,1-2H3,(H,12,13). The van der Waals surface area contributed by atoms with Gasteiger partial charge in [-0.1, -0.05) is 15.9 Å². The van der Waals surface area contributed by atoms with Gasteiger partial charge in [0.05, 0.1) is 17.1 Å². The molecule has 0 saturated heterocycles. The summed E-state index contributed by atoms with van der Waals surface area (Å²) in [5.74, 6) is -0.00402. The first-order valence-corrected chi connectivity index (χ1v) is 5.57. The van der Waals surface area contributed by atoms with Crippen molar-refractivity contribution in [3.8, 4) is 0 Å². The number of halogens is 1. The van der Waals surface area contributed by atoms with Crippen LogP contribution in [0.5, 0.6) is 0 Å². The topological polar surface area (TPSA) is 38.3 Å². The maximum absolute atomic E-state index is 11.5. The maximum Gasteiger partial charge on any atom is 0.236 e. The molecule has 0 saturated carbocycles. The lowest BCUT2D eigenvalue weighted by atomic mass is 10.1. The molecule has 3 nitrogen and oxygen atoms in total. The van der Waals surface area contributed by atoms with Crippen LogP contribution in [0.3, 0.4) is 0 Å².